The molecule has 0 N–H and O–H groups in total. The van der Waals surface area contributed by atoms with Crippen LogP contribution in [0, 0.1) is 6.92 Å². The molecule has 1 fully saturated rings. The average molecular weight is 161 g/mol. The van der Waals surface area contributed by atoms with E-state index in [1.165, 1.54) is 25.0 Å². The van der Waals surface area contributed by atoms with Crippen molar-refractivity contribution in [3.05, 3.63) is 29.6 Å². The van der Waals surface area contributed by atoms with Crippen molar-refractivity contribution < 1.29 is 0 Å². The van der Waals surface area contributed by atoms with Gasteiger partial charge in [0, 0.05) is 16.8 Å². The molecule has 1 aromatic heterocycles. The molecule has 1 aliphatic carbocycles. The molecule has 0 bridgehead atoms. The summed E-state index contributed by atoms with van der Waals surface area (Å²) < 4.78 is 0. The lowest BCUT2D eigenvalue weighted by Gasteiger charge is -2.37. The fourth-order valence-electron chi connectivity index (χ4n) is 1.84. The lowest BCUT2D eigenvalue weighted by molar-refractivity contribution is 0.264. The van der Waals surface area contributed by atoms with Gasteiger partial charge < -0.3 is 0 Å². The molecule has 1 heteroatoms. The number of hydrogen-bond donors (Lipinski definition) is 0. The second-order valence-electron chi connectivity index (χ2n) is 4.08. The molecule has 1 saturated carbocycles. The van der Waals surface area contributed by atoms with Crippen LogP contribution in [0.25, 0.3) is 0 Å². The van der Waals surface area contributed by atoms with Crippen molar-refractivity contribution in [1.29, 1.82) is 0 Å². The minimum absolute atomic E-state index is 0.395. The fraction of sp³-hybridized carbons (Fsp3) is 0.545. The zero-order valence-electron chi connectivity index (χ0n) is 7.80. The fourth-order valence-corrected chi connectivity index (χ4v) is 1.84. The summed E-state index contributed by atoms with van der Waals surface area (Å²) in [6.07, 6.45) is 3.99. The van der Waals surface area contributed by atoms with Gasteiger partial charge in [-0.3, -0.25) is 4.98 Å². The number of aryl methyl sites for hydroxylation is 1. The highest BCUT2D eigenvalue weighted by Gasteiger charge is 2.34. The van der Waals surface area contributed by atoms with E-state index in [0.29, 0.717) is 5.41 Å². The van der Waals surface area contributed by atoms with Crippen LogP contribution in [-0.2, 0) is 5.41 Å². The topological polar surface area (TPSA) is 12.9 Å². The lowest BCUT2D eigenvalue weighted by atomic mass is 9.68. The molecule has 0 aliphatic heterocycles. The Labute approximate surface area is 73.8 Å². The van der Waals surface area contributed by atoms with Gasteiger partial charge in [-0.05, 0) is 31.9 Å². The quantitative estimate of drug-likeness (QED) is 0.617. The van der Waals surface area contributed by atoms with Gasteiger partial charge in [0.15, 0.2) is 0 Å². The van der Waals surface area contributed by atoms with Crippen LogP contribution in [0.3, 0.4) is 0 Å². The van der Waals surface area contributed by atoms with Crippen LogP contribution in [-0.4, -0.2) is 4.98 Å². The Bertz CT molecular complexity index is 287. The number of rotatable bonds is 1. The highest BCUT2D eigenvalue weighted by atomic mass is 14.7. The van der Waals surface area contributed by atoms with Crippen LogP contribution in [0.4, 0.5) is 0 Å². The smallest absolute Gasteiger partial charge is 0.0465 e. The molecular formula is C11H15N. The Kier molecular flexibility index (Phi) is 1.67. The zero-order valence-corrected chi connectivity index (χ0v) is 7.80. The maximum absolute atomic E-state index is 4.57. The van der Waals surface area contributed by atoms with Crippen LogP contribution >= 0.6 is 0 Å². The third-order valence-corrected chi connectivity index (χ3v) is 2.96. The summed E-state index contributed by atoms with van der Waals surface area (Å²) in [6, 6.07) is 6.33. The van der Waals surface area contributed by atoms with Crippen molar-refractivity contribution in [2.75, 3.05) is 0 Å². The molecule has 0 radical (unpaired) electrons. The van der Waals surface area contributed by atoms with Gasteiger partial charge in [0.05, 0.1) is 0 Å². The molecule has 1 heterocycles. The Morgan fingerprint density at radius 3 is 2.58 bits per heavy atom. The van der Waals surface area contributed by atoms with E-state index in [1.54, 1.807) is 0 Å². The van der Waals surface area contributed by atoms with E-state index in [1.807, 2.05) is 0 Å². The number of hydrogen-bond acceptors (Lipinski definition) is 1. The van der Waals surface area contributed by atoms with E-state index >= 15 is 0 Å². The third-order valence-electron chi connectivity index (χ3n) is 2.96. The minimum atomic E-state index is 0.395. The molecule has 1 aromatic rings. The molecule has 0 unspecified atom stereocenters. The van der Waals surface area contributed by atoms with Crippen molar-refractivity contribution in [2.45, 2.75) is 38.5 Å². The molecule has 0 spiro atoms. The molecule has 64 valence electrons. The van der Waals surface area contributed by atoms with Crippen molar-refractivity contribution in [3.8, 4) is 0 Å². The predicted molar refractivity (Wildman–Crippen MR) is 50.2 cm³/mol. The highest BCUT2D eigenvalue weighted by molar-refractivity contribution is 5.21. The Morgan fingerprint density at radius 2 is 2.08 bits per heavy atom. The van der Waals surface area contributed by atoms with Gasteiger partial charge in [-0.15, -0.1) is 0 Å². The lowest BCUT2D eigenvalue weighted by Crippen LogP contribution is -2.31. The monoisotopic (exact) mass is 161 g/mol. The first-order valence-corrected chi connectivity index (χ1v) is 4.65. The first kappa shape index (κ1) is 7.78. The van der Waals surface area contributed by atoms with Crippen LogP contribution in [0.1, 0.15) is 37.6 Å². The summed E-state index contributed by atoms with van der Waals surface area (Å²) in [5, 5.41) is 0. The van der Waals surface area contributed by atoms with Crippen molar-refractivity contribution in [3.63, 3.8) is 0 Å². The predicted octanol–water partition coefficient (Wildman–Crippen LogP) is 2.83. The molecular weight excluding hydrogens is 146 g/mol. The molecule has 1 nitrogen and oxygen atoms in total. The molecule has 0 atom stereocenters. The summed E-state index contributed by atoms with van der Waals surface area (Å²) in [5.74, 6) is 0. The van der Waals surface area contributed by atoms with Crippen LogP contribution in [0.15, 0.2) is 18.2 Å². The van der Waals surface area contributed by atoms with Gasteiger partial charge in [-0.25, -0.2) is 0 Å². The number of pyridine rings is 1. The van der Waals surface area contributed by atoms with Crippen molar-refractivity contribution >= 4 is 0 Å². The van der Waals surface area contributed by atoms with E-state index in [-0.39, 0.29) is 0 Å². The summed E-state index contributed by atoms with van der Waals surface area (Å²) >= 11 is 0. The molecule has 0 saturated heterocycles. The largest absolute Gasteiger partial charge is 0.258 e. The average Bonchev–Trinajstić information content (AvgIpc) is 2.00. The summed E-state index contributed by atoms with van der Waals surface area (Å²) in [7, 11) is 0. The van der Waals surface area contributed by atoms with E-state index in [2.05, 4.69) is 37.0 Å². The van der Waals surface area contributed by atoms with Gasteiger partial charge in [-0.2, -0.15) is 0 Å². The molecule has 12 heavy (non-hydrogen) atoms. The molecule has 0 amide bonds. The standard InChI is InChI=1S/C11H15N/c1-9-5-3-6-10(12-9)11(2)7-4-8-11/h3,5-6H,4,7-8H2,1-2H3. The third kappa shape index (κ3) is 1.13. The Morgan fingerprint density at radius 1 is 1.33 bits per heavy atom. The molecule has 2 rings (SSSR count). The molecule has 0 aromatic carbocycles. The maximum atomic E-state index is 4.57. The number of aromatic nitrogens is 1. The molecule has 1 aliphatic rings. The van der Waals surface area contributed by atoms with Crippen LogP contribution in [0.5, 0.6) is 0 Å². The Hall–Kier alpha value is -0.850. The van der Waals surface area contributed by atoms with Gasteiger partial charge >= 0.3 is 0 Å². The minimum Gasteiger partial charge on any atom is -0.258 e. The van der Waals surface area contributed by atoms with Crippen molar-refractivity contribution in [1.82, 2.24) is 4.98 Å². The second kappa shape index (κ2) is 2.58. The van der Waals surface area contributed by atoms with Crippen LogP contribution < -0.4 is 0 Å². The summed E-state index contributed by atoms with van der Waals surface area (Å²) in [6.45, 7) is 4.38. The summed E-state index contributed by atoms with van der Waals surface area (Å²) in [5.41, 5.74) is 2.82. The van der Waals surface area contributed by atoms with Crippen molar-refractivity contribution in [2.24, 2.45) is 0 Å². The Balaban J connectivity index is 2.33. The first-order chi connectivity index (χ1) is 5.71. The van der Waals surface area contributed by atoms with Gasteiger partial charge in [0.2, 0.25) is 0 Å². The van der Waals surface area contributed by atoms with E-state index in [9.17, 15) is 0 Å². The van der Waals surface area contributed by atoms with E-state index < -0.39 is 0 Å². The normalized spacial score (nSPS) is 20.2. The van der Waals surface area contributed by atoms with Gasteiger partial charge in [0.1, 0.15) is 0 Å². The maximum Gasteiger partial charge on any atom is 0.0465 e. The number of nitrogens with zero attached hydrogens (tertiary/aromatic N) is 1. The van der Waals surface area contributed by atoms with E-state index in [4.69, 9.17) is 0 Å². The van der Waals surface area contributed by atoms with Crippen LogP contribution in [0.2, 0.25) is 0 Å². The van der Waals surface area contributed by atoms with E-state index in [0.717, 1.165) is 5.69 Å². The summed E-state index contributed by atoms with van der Waals surface area (Å²) in [4.78, 5) is 4.57. The van der Waals surface area contributed by atoms with Gasteiger partial charge in [-0.1, -0.05) is 19.4 Å². The first-order valence-electron chi connectivity index (χ1n) is 4.65. The van der Waals surface area contributed by atoms with Gasteiger partial charge in [0.25, 0.3) is 0 Å². The zero-order chi connectivity index (χ0) is 8.60. The second-order valence-corrected chi connectivity index (χ2v) is 4.08. The SMILES string of the molecule is Cc1cccc(C2(C)CCC2)n1. The highest BCUT2D eigenvalue weighted by Crippen LogP contribution is 2.42.